The molecule has 0 bridgehead atoms. The Kier molecular flexibility index (Phi) is 2.98. The molecule has 0 aliphatic heterocycles. The van der Waals surface area contributed by atoms with Gasteiger partial charge in [-0.25, -0.2) is 9.67 Å². The Morgan fingerprint density at radius 2 is 2.13 bits per heavy atom. The minimum absolute atomic E-state index is 0.204. The lowest BCUT2D eigenvalue weighted by molar-refractivity contribution is -0.0460. The van der Waals surface area contributed by atoms with Gasteiger partial charge in [0.1, 0.15) is 5.69 Å². The van der Waals surface area contributed by atoms with E-state index in [1.54, 1.807) is 12.4 Å². The van der Waals surface area contributed by atoms with Gasteiger partial charge in [-0.15, -0.1) is 0 Å². The minimum atomic E-state index is -1.55. The van der Waals surface area contributed by atoms with Gasteiger partial charge in [0.15, 0.2) is 12.1 Å². The van der Waals surface area contributed by atoms with E-state index in [9.17, 15) is 0 Å². The predicted molar refractivity (Wildman–Crippen MR) is 61.3 cm³/mol. The normalized spacial score (nSPS) is 10.9. The minimum Gasteiger partial charge on any atom is -0.363 e. The van der Waals surface area contributed by atoms with Crippen LogP contribution in [0, 0.1) is 3.57 Å². The highest BCUT2D eigenvalue weighted by Gasteiger charge is 2.07. The van der Waals surface area contributed by atoms with E-state index >= 15 is 0 Å². The monoisotopic (exact) mass is 317 g/mol. The molecular weight excluding hydrogens is 309 g/mol. The summed E-state index contributed by atoms with van der Waals surface area (Å²) in [5.41, 5.74) is 0.204. The number of aromatic nitrogens is 3. The average Bonchev–Trinajstić information content (AvgIpc) is 2.66. The Bertz CT molecular complexity index is 470. The van der Waals surface area contributed by atoms with Crippen molar-refractivity contribution in [2.24, 2.45) is 0 Å². The molecule has 5 nitrogen and oxygen atoms in total. The predicted octanol–water partition coefficient (Wildman–Crippen LogP) is 0.855. The van der Waals surface area contributed by atoms with Gasteiger partial charge in [0.05, 0.1) is 0 Å². The van der Waals surface area contributed by atoms with Crippen molar-refractivity contribution in [2.75, 3.05) is 0 Å². The van der Waals surface area contributed by atoms with Gasteiger partial charge in [0.2, 0.25) is 0 Å². The SMILES string of the molecule is OC(O)c1ccn(-c2cc(I)ccn2)n1. The maximum Gasteiger partial charge on any atom is 0.197 e. The van der Waals surface area contributed by atoms with Gasteiger partial charge in [-0.1, -0.05) is 0 Å². The molecule has 0 aromatic carbocycles. The summed E-state index contributed by atoms with van der Waals surface area (Å²) in [4.78, 5) is 4.11. The zero-order valence-corrected chi connectivity index (χ0v) is 9.74. The number of nitrogens with zero attached hydrogens (tertiary/aromatic N) is 3. The first-order chi connectivity index (χ1) is 7.16. The molecule has 0 aliphatic rings. The molecule has 2 aromatic heterocycles. The van der Waals surface area contributed by atoms with Crippen molar-refractivity contribution in [3.05, 3.63) is 39.9 Å². The molecule has 0 saturated heterocycles. The standard InChI is InChI=1S/C9H8IN3O2/c10-6-1-3-11-8(5-6)13-4-2-7(12-13)9(14)15/h1-5,9,14-15H. The lowest BCUT2D eigenvalue weighted by Gasteiger charge is -2.00. The highest BCUT2D eigenvalue weighted by molar-refractivity contribution is 14.1. The van der Waals surface area contributed by atoms with E-state index in [1.807, 2.05) is 12.1 Å². The fourth-order valence-corrected chi connectivity index (χ4v) is 1.56. The van der Waals surface area contributed by atoms with E-state index in [1.165, 1.54) is 10.7 Å². The number of pyridine rings is 1. The van der Waals surface area contributed by atoms with Crippen LogP contribution in [-0.2, 0) is 0 Å². The second-order valence-corrected chi connectivity index (χ2v) is 4.14. The van der Waals surface area contributed by atoms with Crippen molar-refractivity contribution in [1.82, 2.24) is 14.8 Å². The van der Waals surface area contributed by atoms with Gasteiger partial charge in [-0.3, -0.25) is 0 Å². The Labute approximate surface area is 99.5 Å². The molecule has 78 valence electrons. The van der Waals surface area contributed by atoms with Crippen molar-refractivity contribution >= 4 is 22.6 Å². The maximum absolute atomic E-state index is 8.90. The molecule has 2 N–H and O–H groups in total. The molecule has 2 heterocycles. The van der Waals surface area contributed by atoms with Crippen molar-refractivity contribution < 1.29 is 10.2 Å². The third-order valence-electron chi connectivity index (χ3n) is 1.82. The molecule has 0 spiro atoms. The van der Waals surface area contributed by atoms with E-state index in [0.717, 1.165) is 3.57 Å². The fourth-order valence-electron chi connectivity index (χ4n) is 1.12. The highest BCUT2D eigenvalue weighted by atomic mass is 127. The lowest BCUT2D eigenvalue weighted by atomic mass is 10.4. The van der Waals surface area contributed by atoms with Gasteiger partial charge in [-0.05, 0) is 40.8 Å². The van der Waals surface area contributed by atoms with Crippen molar-refractivity contribution in [3.63, 3.8) is 0 Å². The number of hydrogen-bond donors (Lipinski definition) is 2. The summed E-state index contributed by atoms with van der Waals surface area (Å²) < 4.78 is 2.54. The van der Waals surface area contributed by atoms with Crippen LogP contribution < -0.4 is 0 Å². The van der Waals surface area contributed by atoms with E-state index in [0.29, 0.717) is 5.82 Å². The topological polar surface area (TPSA) is 71.2 Å². The van der Waals surface area contributed by atoms with Crippen LogP contribution >= 0.6 is 22.6 Å². The number of aliphatic hydroxyl groups excluding tert-OH is 1. The summed E-state index contributed by atoms with van der Waals surface area (Å²) in [5.74, 6) is 0.647. The van der Waals surface area contributed by atoms with E-state index in [4.69, 9.17) is 10.2 Å². The summed E-state index contributed by atoms with van der Waals surface area (Å²) in [7, 11) is 0. The lowest BCUT2D eigenvalue weighted by Crippen LogP contribution is -2.01. The molecule has 0 unspecified atom stereocenters. The highest BCUT2D eigenvalue weighted by Crippen LogP contribution is 2.11. The van der Waals surface area contributed by atoms with Crippen molar-refractivity contribution in [2.45, 2.75) is 6.29 Å². The number of hydrogen-bond acceptors (Lipinski definition) is 4. The number of aliphatic hydroxyl groups is 2. The molecule has 0 atom stereocenters. The zero-order chi connectivity index (χ0) is 10.8. The summed E-state index contributed by atoms with van der Waals surface area (Å²) in [6, 6.07) is 5.25. The first kappa shape index (κ1) is 10.5. The number of rotatable bonds is 2. The second kappa shape index (κ2) is 4.25. The van der Waals surface area contributed by atoms with E-state index < -0.39 is 6.29 Å². The van der Waals surface area contributed by atoms with E-state index in [-0.39, 0.29) is 5.69 Å². The second-order valence-electron chi connectivity index (χ2n) is 2.89. The van der Waals surface area contributed by atoms with Gasteiger partial charge in [0.25, 0.3) is 0 Å². The van der Waals surface area contributed by atoms with Crippen LogP contribution in [0.1, 0.15) is 12.0 Å². The molecule has 0 radical (unpaired) electrons. The van der Waals surface area contributed by atoms with Crippen LogP contribution in [0.2, 0.25) is 0 Å². The summed E-state index contributed by atoms with van der Waals surface area (Å²) in [6.45, 7) is 0. The first-order valence-electron chi connectivity index (χ1n) is 4.20. The Balaban J connectivity index is 2.37. The molecule has 0 saturated carbocycles. The van der Waals surface area contributed by atoms with E-state index in [2.05, 4.69) is 32.7 Å². The van der Waals surface area contributed by atoms with Crippen LogP contribution in [0.5, 0.6) is 0 Å². The smallest absolute Gasteiger partial charge is 0.197 e. The van der Waals surface area contributed by atoms with Gasteiger partial charge in [0, 0.05) is 16.0 Å². The van der Waals surface area contributed by atoms with Crippen molar-refractivity contribution in [3.8, 4) is 5.82 Å². The third-order valence-corrected chi connectivity index (χ3v) is 2.49. The van der Waals surface area contributed by atoms with Crippen LogP contribution in [0.25, 0.3) is 5.82 Å². The molecule has 0 fully saturated rings. The van der Waals surface area contributed by atoms with Gasteiger partial charge < -0.3 is 10.2 Å². The molecule has 2 rings (SSSR count). The zero-order valence-electron chi connectivity index (χ0n) is 7.58. The van der Waals surface area contributed by atoms with Crippen LogP contribution in [0.15, 0.2) is 30.6 Å². The maximum atomic E-state index is 8.90. The molecule has 2 aromatic rings. The average molecular weight is 317 g/mol. The molecule has 0 amide bonds. The van der Waals surface area contributed by atoms with Crippen LogP contribution in [-0.4, -0.2) is 25.0 Å². The van der Waals surface area contributed by atoms with Crippen LogP contribution in [0.3, 0.4) is 0 Å². The van der Waals surface area contributed by atoms with Gasteiger partial charge >= 0.3 is 0 Å². The molecule has 15 heavy (non-hydrogen) atoms. The van der Waals surface area contributed by atoms with Crippen LogP contribution in [0.4, 0.5) is 0 Å². The third kappa shape index (κ3) is 2.33. The Morgan fingerprint density at radius 3 is 2.73 bits per heavy atom. The Hall–Kier alpha value is -0.990. The number of halogens is 1. The fraction of sp³-hybridized carbons (Fsp3) is 0.111. The Morgan fingerprint density at radius 1 is 1.33 bits per heavy atom. The van der Waals surface area contributed by atoms with Gasteiger partial charge in [-0.2, -0.15) is 5.10 Å². The molecule has 6 heteroatoms. The molecular formula is C9H8IN3O2. The summed E-state index contributed by atoms with van der Waals surface area (Å²) >= 11 is 2.17. The first-order valence-corrected chi connectivity index (χ1v) is 5.28. The summed E-state index contributed by atoms with van der Waals surface area (Å²) in [5, 5.41) is 21.8. The quantitative estimate of drug-likeness (QED) is 0.636. The molecule has 0 aliphatic carbocycles. The largest absolute Gasteiger partial charge is 0.363 e. The van der Waals surface area contributed by atoms with Crippen molar-refractivity contribution in [1.29, 1.82) is 0 Å². The summed E-state index contributed by atoms with van der Waals surface area (Å²) in [6.07, 6.45) is 1.76.